The number of hydrogen-bond acceptors (Lipinski definition) is 2. The van der Waals surface area contributed by atoms with E-state index in [1.807, 2.05) is 24.3 Å². The molecule has 1 saturated heterocycles. The molecule has 1 fully saturated rings. The van der Waals surface area contributed by atoms with Crippen molar-refractivity contribution >= 4 is 29.9 Å². The lowest BCUT2D eigenvalue weighted by Crippen LogP contribution is -2.39. The lowest BCUT2D eigenvalue weighted by atomic mass is 10.2. The first-order valence-electron chi connectivity index (χ1n) is 5.51. The lowest BCUT2D eigenvalue weighted by Gasteiger charge is -2.11. The number of nitrogens with one attached hydrogen (secondary N) is 2. The van der Waals surface area contributed by atoms with Crippen molar-refractivity contribution in [2.45, 2.75) is 25.4 Å². The fraction of sp³-hybridized carbons (Fsp3) is 0.417. The molecule has 1 aromatic carbocycles. The molecule has 0 unspecified atom stereocenters. The first-order valence-corrected chi connectivity index (χ1v) is 5.89. The zero-order chi connectivity index (χ0) is 11.4. The minimum atomic E-state index is -0.0146. The third-order valence-corrected chi connectivity index (χ3v) is 2.97. The summed E-state index contributed by atoms with van der Waals surface area (Å²) in [4.78, 5) is 11.7. The average Bonchev–Trinajstić information content (AvgIpc) is 2.79. The van der Waals surface area contributed by atoms with E-state index in [0.29, 0.717) is 11.6 Å². The van der Waals surface area contributed by atoms with Crippen molar-refractivity contribution in [3.63, 3.8) is 0 Å². The molecule has 1 aliphatic heterocycles. The topological polar surface area (TPSA) is 41.1 Å². The van der Waals surface area contributed by atoms with Crippen molar-refractivity contribution in [3.8, 4) is 0 Å². The molecular weight excluding hydrogens is 259 g/mol. The van der Waals surface area contributed by atoms with Crippen molar-refractivity contribution in [2.24, 2.45) is 0 Å². The quantitative estimate of drug-likeness (QED) is 0.887. The molecule has 1 aliphatic rings. The van der Waals surface area contributed by atoms with Gasteiger partial charge in [0, 0.05) is 11.6 Å². The maximum absolute atomic E-state index is 11.7. The molecule has 2 rings (SSSR count). The van der Waals surface area contributed by atoms with Crippen LogP contribution in [0.4, 0.5) is 0 Å². The van der Waals surface area contributed by atoms with Crippen LogP contribution in [0.25, 0.3) is 0 Å². The maximum atomic E-state index is 11.7. The lowest BCUT2D eigenvalue weighted by molar-refractivity contribution is -0.122. The van der Waals surface area contributed by atoms with Gasteiger partial charge in [-0.3, -0.25) is 4.79 Å². The van der Waals surface area contributed by atoms with Crippen LogP contribution in [0.3, 0.4) is 0 Å². The summed E-state index contributed by atoms with van der Waals surface area (Å²) in [6.45, 7) is 1.48. The number of rotatable bonds is 3. The molecule has 3 nitrogen and oxygen atoms in total. The van der Waals surface area contributed by atoms with Crippen LogP contribution in [0.5, 0.6) is 0 Å². The van der Waals surface area contributed by atoms with Crippen molar-refractivity contribution in [2.75, 3.05) is 6.54 Å². The Morgan fingerprint density at radius 3 is 3.00 bits per heavy atom. The molecule has 0 radical (unpaired) electrons. The van der Waals surface area contributed by atoms with Crippen LogP contribution < -0.4 is 10.6 Å². The molecule has 0 saturated carbocycles. The van der Waals surface area contributed by atoms with Gasteiger partial charge in [-0.05, 0) is 37.1 Å². The molecule has 2 N–H and O–H groups in total. The highest BCUT2D eigenvalue weighted by Gasteiger charge is 2.21. The van der Waals surface area contributed by atoms with Crippen LogP contribution in [0, 0.1) is 0 Å². The van der Waals surface area contributed by atoms with E-state index < -0.39 is 0 Å². The average molecular weight is 275 g/mol. The van der Waals surface area contributed by atoms with Gasteiger partial charge in [-0.15, -0.1) is 12.4 Å². The Morgan fingerprint density at radius 1 is 1.53 bits per heavy atom. The largest absolute Gasteiger partial charge is 0.351 e. The fourth-order valence-corrected chi connectivity index (χ4v) is 2.08. The Balaban J connectivity index is 0.00000144. The SMILES string of the molecule is Cl.O=C(NCc1cccc(Cl)c1)[C@@H]1CCCN1. The van der Waals surface area contributed by atoms with E-state index in [1.165, 1.54) is 0 Å². The molecule has 5 heteroatoms. The van der Waals surface area contributed by atoms with Crippen LogP contribution in [-0.2, 0) is 11.3 Å². The van der Waals surface area contributed by atoms with Gasteiger partial charge in [-0.2, -0.15) is 0 Å². The van der Waals surface area contributed by atoms with Crippen molar-refractivity contribution in [1.29, 1.82) is 0 Å². The minimum absolute atomic E-state index is 0. The van der Waals surface area contributed by atoms with Crippen LogP contribution in [0.2, 0.25) is 5.02 Å². The highest BCUT2D eigenvalue weighted by Crippen LogP contribution is 2.10. The van der Waals surface area contributed by atoms with Gasteiger partial charge >= 0.3 is 0 Å². The van der Waals surface area contributed by atoms with Gasteiger partial charge in [0.25, 0.3) is 0 Å². The molecule has 0 aliphatic carbocycles. The van der Waals surface area contributed by atoms with Gasteiger partial charge in [0.15, 0.2) is 0 Å². The van der Waals surface area contributed by atoms with Crippen molar-refractivity contribution in [1.82, 2.24) is 10.6 Å². The summed E-state index contributed by atoms with van der Waals surface area (Å²) in [6, 6.07) is 7.51. The Bertz CT molecular complexity index is 379. The Morgan fingerprint density at radius 2 is 2.35 bits per heavy atom. The van der Waals surface area contributed by atoms with Crippen LogP contribution >= 0.6 is 24.0 Å². The second kappa shape index (κ2) is 6.84. The van der Waals surface area contributed by atoms with E-state index >= 15 is 0 Å². The Kier molecular flexibility index (Phi) is 5.75. The van der Waals surface area contributed by atoms with Crippen molar-refractivity contribution in [3.05, 3.63) is 34.9 Å². The third-order valence-electron chi connectivity index (χ3n) is 2.73. The molecule has 0 spiro atoms. The molecule has 94 valence electrons. The fourth-order valence-electron chi connectivity index (χ4n) is 1.87. The molecule has 1 aromatic rings. The van der Waals surface area contributed by atoms with Crippen LogP contribution in [0.1, 0.15) is 18.4 Å². The highest BCUT2D eigenvalue weighted by molar-refractivity contribution is 6.30. The van der Waals surface area contributed by atoms with E-state index in [1.54, 1.807) is 0 Å². The molecular formula is C12H16Cl2N2O. The zero-order valence-corrected chi connectivity index (χ0v) is 11.0. The first-order chi connectivity index (χ1) is 7.75. The summed E-state index contributed by atoms with van der Waals surface area (Å²) in [7, 11) is 0. The first kappa shape index (κ1) is 14.3. The van der Waals surface area contributed by atoms with Gasteiger partial charge < -0.3 is 10.6 Å². The van der Waals surface area contributed by atoms with Crippen LogP contribution in [-0.4, -0.2) is 18.5 Å². The van der Waals surface area contributed by atoms with E-state index in [9.17, 15) is 4.79 Å². The Hall–Kier alpha value is -0.770. The van der Waals surface area contributed by atoms with Crippen LogP contribution in [0.15, 0.2) is 24.3 Å². The number of hydrogen-bond donors (Lipinski definition) is 2. The summed E-state index contributed by atoms with van der Waals surface area (Å²) in [6.07, 6.45) is 2.01. The maximum Gasteiger partial charge on any atom is 0.237 e. The summed E-state index contributed by atoms with van der Waals surface area (Å²) in [5.74, 6) is 0.0810. The van der Waals surface area contributed by atoms with Gasteiger partial charge in [-0.25, -0.2) is 0 Å². The standard InChI is InChI=1S/C12H15ClN2O.ClH/c13-10-4-1-3-9(7-10)8-15-12(16)11-5-2-6-14-11;/h1,3-4,7,11,14H,2,5-6,8H2,(H,15,16);1H/t11-;/m0./s1. The summed E-state index contributed by atoms with van der Waals surface area (Å²) in [5, 5.41) is 6.77. The normalized spacial score (nSPS) is 18.5. The van der Waals surface area contributed by atoms with Gasteiger partial charge in [0.05, 0.1) is 6.04 Å². The van der Waals surface area contributed by atoms with E-state index in [4.69, 9.17) is 11.6 Å². The number of benzene rings is 1. The number of halogens is 2. The van der Waals surface area contributed by atoms with Gasteiger partial charge in [0.1, 0.15) is 0 Å². The summed E-state index contributed by atoms with van der Waals surface area (Å²) < 4.78 is 0. The molecule has 1 heterocycles. The van der Waals surface area contributed by atoms with E-state index in [-0.39, 0.29) is 24.4 Å². The second-order valence-corrected chi connectivity index (χ2v) is 4.43. The number of carbonyl (C=O) groups excluding carboxylic acids is 1. The number of carbonyl (C=O) groups is 1. The predicted molar refractivity (Wildman–Crippen MR) is 71.6 cm³/mol. The zero-order valence-electron chi connectivity index (χ0n) is 9.41. The van der Waals surface area contributed by atoms with E-state index in [0.717, 1.165) is 24.9 Å². The van der Waals surface area contributed by atoms with Gasteiger partial charge in [-0.1, -0.05) is 23.7 Å². The molecule has 1 amide bonds. The minimum Gasteiger partial charge on any atom is -0.351 e. The molecule has 0 aromatic heterocycles. The number of amides is 1. The molecule has 1 atom stereocenters. The van der Waals surface area contributed by atoms with Crippen molar-refractivity contribution < 1.29 is 4.79 Å². The second-order valence-electron chi connectivity index (χ2n) is 4.00. The summed E-state index contributed by atoms with van der Waals surface area (Å²) in [5.41, 5.74) is 1.03. The monoisotopic (exact) mass is 274 g/mol. The summed E-state index contributed by atoms with van der Waals surface area (Å²) >= 11 is 5.86. The van der Waals surface area contributed by atoms with E-state index in [2.05, 4.69) is 10.6 Å². The molecule has 17 heavy (non-hydrogen) atoms. The highest BCUT2D eigenvalue weighted by atomic mass is 35.5. The smallest absolute Gasteiger partial charge is 0.237 e. The third kappa shape index (κ3) is 4.19. The predicted octanol–water partition coefficient (Wildman–Crippen LogP) is 2.13. The molecule has 0 bridgehead atoms. The van der Waals surface area contributed by atoms with Gasteiger partial charge in [0.2, 0.25) is 5.91 Å². The Labute approximate surface area is 112 Å².